The average Bonchev–Trinajstić information content (AvgIpc) is 2.57. The van der Waals surface area contributed by atoms with Gasteiger partial charge in [-0.2, -0.15) is 13.2 Å². The van der Waals surface area contributed by atoms with E-state index >= 15 is 0 Å². The van der Waals surface area contributed by atoms with Gasteiger partial charge in [0.2, 0.25) is 0 Å². The second-order valence-electron chi connectivity index (χ2n) is 3.99. The summed E-state index contributed by atoms with van der Waals surface area (Å²) in [5.74, 6) is -2.86. The Labute approximate surface area is 108 Å². The van der Waals surface area contributed by atoms with Gasteiger partial charge < -0.3 is 25.4 Å². The van der Waals surface area contributed by atoms with Gasteiger partial charge in [-0.1, -0.05) is 0 Å². The van der Waals surface area contributed by atoms with Crippen molar-refractivity contribution in [2.45, 2.75) is 12.6 Å². The van der Waals surface area contributed by atoms with Crippen molar-refractivity contribution in [3.8, 4) is 0 Å². The summed E-state index contributed by atoms with van der Waals surface area (Å²) < 4.78 is 31.5. The van der Waals surface area contributed by atoms with Crippen molar-refractivity contribution in [1.29, 1.82) is 0 Å². The molecule has 1 saturated heterocycles. The lowest BCUT2D eigenvalue weighted by atomic mass is 10.4. The van der Waals surface area contributed by atoms with Crippen LogP contribution in [-0.2, 0) is 9.59 Å². The number of aliphatic carboxylic acids is 1. The molecule has 0 bridgehead atoms. The molecule has 1 fully saturated rings. The number of quaternary nitrogens is 1. The maximum Gasteiger partial charge on any atom is 0.430 e. The minimum atomic E-state index is -5.19. The monoisotopic (exact) mass is 285 g/mol. The summed E-state index contributed by atoms with van der Waals surface area (Å²) in [5, 5.41) is 14.8. The number of hydrogen-bond acceptors (Lipinski definition) is 4. The number of alkyl halides is 3. The van der Waals surface area contributed by atoms with Gasteiger partial charge in [-0.3, -0.25) is 4.79 Å². The Morgan fingerprint density at radius 3 is 2.37 bits per heavy atom. The van der Waals surface area contributed by atoms with Crippen LogP contribution >= 0.6 is 0 Å². The second-order valence-corrected chi connectivity index (χ2v) is 3.99. The number of rotatable bonds is 2. The van der Waals surface area contributed by atoms with E-state index in [9.17, 15) is 18.0 Å². The highest BCUT2D eigenvalue weighted by Gasteiger charge is 2.28. The summed E-state index contributed by atoms with van der Waals surface area (Å²) in [5.41, 5.74) is 0. The predicted octanol–water partition coefficient (Wildman–Crippen LogP) is -3.09. The Morgan fingerprint density at radius 2 is 1.89 bits per heavy atom. The van der Waals surface area contributed by atoms with E-state index in [4.69, 9.17) is 9.90 Å². The van der Waals surface area contributed by atoms with Crippen LogP contribution in [-0.4, -0.2) is 57.8 Å². The Kier molecular flexibility index (Phi) is 8.08. The van der Waals surface area contributed by atoms with E-state index in [1.807, 2.05) is 0 Å². The van der Waals surface area contributed by atoms with Crippen LogP contribution in [0.5, 0.6) is 0 Å². The molecule has 112 valence electrons. The maximum absolute atomic E-state index is 11.0. The number of carboxylic acids is 1. The van der Waals surface area contributed by atoms with Crippen molar-refractivity contribution in [3.05, 3.63) is 0 Å². The zero-order valence-corrected chi connectivity index (χ0v) is 10.6. The summed E-state index contributed by atoms with van der Waals surface area (Å²) in [6, 6.07) is 0. The van der Waals surface area contributed by atoms with Gasteiger partial charge in [0.25, 0.3) is 5.91 Å². The SMILES string of the molecule is CNC(=O)C[NH+]1CCCNCC1.O=C([O-])C(F)(F)F. The third-order valence-corrected chi connectivity index (χ3v) is 2.46. The average molecular weight is 285 g/mol. The van der Waals surface area contributed by atoms with Crippen LogP contribution in [0.3, 0.4) is 0 Å². The first-order valence-corrected chi connectivity index (χ1v) is 5.80. The molecule has 1 aliphatic rings. The van der Waals surface area contributed by atoms with Crippen molar-refractivity contribution in [1.82, 2.24) is 10.6 Å². The third-order valence-electron chi connectivity index (χ3n) is 2.46. The van der Waals surface area contributed by atoms with Crippen LogP contribution in [0.4, 0.5) is 13.2 Å². The highest BCUT2D eigenvalue weighted by atomic mass is 19.4. The van der Waals surface area contributed by atoms with Gasteiger partial charge in [-0.15, -0.1) is 0 Å². The molecule has 19 heavy (non-hydrogen) atoms. The van der Waals surface area contributed by atoms with E-state index in [0.717, 1.165) is 26.2 Å². The standard InChI is InChI=1S/C8H17N3O.C2HF3O2/c1-9-8(12)7-11-5-2-3-10-4-6-11;3-2(4,5)1(6)7/h10H,2-7H2,1H3,(H,9,12);(H,6,7). The molecule has 6 nitrogen and oxygen atoms in total. The molecule has 0 aromatic heterocycles. The second kappa shape index (κ2) is 8.70. The fourth-order valence-corrected chi connectivity index (χ4v) is 1.47. The van der Waals surface area contributed by atoms with Crippen LogP contribution < -0.4 is 20.6 Å². The molecular weight excluding hydrogens is 267 g/mol. The number of carboxylic acid groups (broad SMARTS) is 1. The lowest BCUT2D eigenvalue weighted by molar-refractivity contribution is -0.889. The molecule has 1 amide bonds. The Bertz CT molecular complexity index is 289. The minimum absolute atomic E-state index is 0.145. The largest absolute Gasteiger partial charge is 0.542 e. The molecule has 0 aromatic rings. The number of halogens is 3. The number of carbonyl (C=O) groups excluding carboxylic acids is 2. The molecule has 1 unspecified atom stereocenters. The van der Waals surface area contributed by atoms with Gasteiger partial charge in [0.15, 0.2) is 6.54 Å². The first-order valence-electron chi connectivity index (χ1n) is 5.80. The molecule has 0 spiro atoms. The summed E-state index contributed by atoms with van der Waals surface area (Å²) in [7, 11) is 1.69. The maximum atomic E-state index is 11.0. The highest BCUT2D eigenvalue weighted by Crippen LogP contribution is 2.11. The summed E-state index contributed by atoms with van der Waals surface area (Å²) in [6.07, 6.45) is -4.02. The Morgan fingerprint density at radius 1 is 1.32 bits per heavy atom. The number of amides is 1. The highest BCUT2D eigenvalue weighted by molar-refractivity contribution is 5.76. The van der Waals surface area contributed by atoms with Gasteiger partial charge in [0.1, 0.15) is 5.97 Å². The molecule has 1 heterocycles. The van der Waals surface area contributed by atoms with E-state index < -0.39 is 12.1 Å². The fraction of sp³-hybridized carbons (Fsp3) is 0.800. The van der Waals surface area contributed by atoms with Gasteiger partial charge in [-0.05, 0) is 0 Å². The van der Waals surface area contributed by atoms with Gasteiger partial charge in [0, 0.05) is 26.6 Å². The van der Waals surface area contributed by atoms with Gasteiger partial charge in [-0.25, -0.2) is 0 Å². The van der Waals surface area contributed by atoms with E-state index in [-0.39, 0.29) is 5.91 Å². The quantitative estimate of drug-likeness (QED) is 0.502. The first-order chi connectivity index (χ1) is 8.77. The van der Waals surface area contributed by atoms with E-state index in [2.05, 4.69) is 10.6 Å². The molecule has 0 aliphatic carbocycles. The molecule has 1 atom stereocenters. The molecule has 0 aromatic carbocycles. The van der Waals surface area contributed by atoms with Crippen molar-refractivity contribution in [2.24, 2.45) is 0 Å². The van der Waals surface area contributed by atoms with E-state index in [1.54, 1.807) is 7.05 Å². The smallest absolute Gasteiger partial charge is 0.430 e. The molecule has 9 heteroatoms. The molecule has 0 saturated carbocycles. The van der Waals surface area contributed by atoms with Crippen LogP contribution in [0.15, 0.2) is 0 Å². The topological polar surface area (TPSA) is 85.7 Å². The van der Waals surface area contributed by atoms with Crippen LogP contribution in [0.25, 0.3) is 0 Å². The molecular formula is C10H18F3N3O3. The minimum Gasteiger partial charge on any atom is -0.542 e. The number of hydrogen-bond donors (Lipinski definition) is 3. The normalized spacial score (nSPS) is 19.7. The van der Waals surface area contributed by atoms with Crippen molar-refractivity contribution >= 4 is 11.9 Å². The fourth-order valence-electron chi connectivity index (χ4n) is 1.47. The summed E-state index contributed by atoms with van der Waals surface area (Å²) in [6.45, 7) is 4.93. The van der Waals surface area contributed by atoms with Crippen molar-refractivity contribution < 1.29 is 32.8 Å². The third kappa shape index (κ3) is 9.25. The molecule has 3 N–H and O–H groups in total. The van der Waals surface area contributed by atoms with Crippen LogP contribution in [0.1, 0.15) is 6.42 Å². The van der Waals surface area contributed by atoms with E-state index in [0.29, 0.717) is 6.54 Å². The first kappa shape index (κ1) is 17.6. The Hall–Kier alpha value is -1.35. The number of carbonyl (C=O) groups is 2. The van der Waals surface area contributed by atoms with E-state index in [1.165, 1.54) is 11.3 Å². The number of likely N-dealkylation sites (N-methyl/N-ethyl adjacent to an activating group) is 1. The Balaban J connectivity index is 0.000000399. The zero-order valence-electron chi connectivity index (χ0n) is 10.6. The molecule has 1 rings (SSSR count). The predicted molar refractivity (Wildman–Crippen MR) is 58.2 cm³/mol. The zero-order chi connectivity index (χ0) is 14.9. The van der Waals surface area contributed by atoms with Crippen molar-refractivity contribution in [3.63, 3.8) is 0 Å². The number of nitrogens with one attached hydrogen (secondary N) is 3. The van der Waals surface area contributed by atoms with Gasteiger partial charge in [0.05, 0.1) is 13.1 Å². The van der Waals surface area contributed by atoms with Gasteiger partial charge >= 0.3 is 6.18 Å². The van der Waals surface area contributed by atoms with Crippen LogP contribution in [0.2, 0.25) is 0 Å². The lowest BCUT2D eigenvalue weighted by Crippen LogP contribution is -3.13. The molecule has 1 aliphatic heterocycles. The molecule has 0 radical (unpaired) electrons. The lowest BCUT2D eigenvalue weighted by Gasteiger charge is -2.14. The summed E-state index contributed by atoms with van der Waals surface area (Å²) in [4.78, 5) is 21.2. The van der Waals surface area contributed by atoms with Crippen molar-refractivity contribution in [2.75, 3.05) is 39.8 Å². The summed E-state index contributed by atoms with van der Waals surface area (Å²) >= 11 is 0. The van der Waals surface area contributed by atoms with Crippen LogP contribution in [0, 0.1) is 0 Å².